The maximum atomic E-state index is 12.6. The molecular formula is C22H28ClN3O3S. The molecule has 1 N–H and O–H groups in total. The summed E-state index contributed by atoms with van der Waals surface area (Å²) in [6.45, 7) is 4.96. The summed E-state index contributed by atoms with van der Waals surface area (Å²) in [4.78, 5) is 15.0. The van der Waals surface area contributed by atoms with Crippen LogP contribution in [-0.4, -0.2) is 45.1 Å². The number of carbonyl (C=O) groups is 1. The number of hydrogen-bond donors (Lipinski definition) is 1. The second-order valence-corrected chi connectivity index (χ2v) is 10.0. The third kappa shape index (κ3) is 5.97. The molecule has 3 rings (SSSR count). The molecule has 1 amide bonds. The zero-order valence-electron chi connectivity index (χ0n) is 17.4. The maximum Gasteiger partial charge on any atom is 0.241 e. The van der Waals surface area contributed by atoms with E-state index >= 15 is 0 Å². The second kappa shape index (κ2) is 9.81. The Labute approximate surface area is 183 Å². The van der Waals surface area contributed by atoms with Crippen LogP contribution >= 0.6 is 11.6 Å². The van der Waals surface area contributed by atoms with Crippen molar-refractivity contribution in [1.82, 2.24) is 10.2 Å². The van der Waals surface area contributed by atoms with Crippen LogP contribution < -0.4 is 9.62 Å². The van der Waals surface area contributed by atoms with Crippen molar-refractivity contribution in [1.29, 1.82) is 0 Å². The van der Waals surface area contributed by atoms with Gasteiger partial charge in [0.2, 0.25) is 15.9 Å². The number of amides is 1. The number of nitrogens with one attached hydrogen (secondary N) is 1. The SMILES string of the molecule is Cc1ccc(N(CC(=O)NCc2ccccc2CN2CCCC2)S(C)(=O)=O)cc1Cl. The highest BCUT2D eigenvalue weighted by atomic mass is 35.5. The van der Waals surface area contributed by atoms with Gasteiger partial charge in [-0.2, -0.15) is 0 Å². The topological polar surface area (TPSA) is 69.7 Å². The van der Waals surface area contributed by atoms with Gasteiger partial charge in [0.15, 0.2) is 0 Å². The molecule has 2 aromatic rings. The van der Waals surface area contributed by atoms with Gasteiger partial charge in [-0.3, -0.25) is 14.0 Å². The number of anilines is 1. The summed E-state index contributed by atoms with van der Waals surface area (Å²) in [5, 5.41) is 3.32. The van der Waals surface area contributed by atoms with Crippen LogP contribution in [0.4, 0.5) is 5.69 Å². The van der Waals surface area contributed by atoms with E-state index in [-0.39, 0.29) is 12.5 Å². The molecule has 8 heteroatoms. The average molecular weight is 450 g/mol. The molecule has 0 saturated carbocycles. The van der Waals surface area contributed by atoms with Gasteiger partial charge in [0.1, 0.15) is 6.54 Å². The molecule has 6 nitrogen and oxygen atoms in total. The summed E-state index contributed by atoms with van der Waals surface area (Å²) < 4.78 is 25.6. The molecule has 0 bridgehead atoms. The smallest absolute Gasteiger partial charge is 0.241 e. The van der Waals surface area contributed by atoms with E-state index in [4.69, 9.17) is 11.6 Å². The van der Waals surface area contributed by atoms with Crippen LogP contribution in [0.3, 0.4) is 0 Å². The summed E-state index contributed by atoms with van der Waals surface area (Å²) >= 11 is 6.15. The lowest BCUT2D eigenvalue weighted by Crippen LogP contribution is -2.40. The van der Waals surface area contributed by atoms with Crippen molar-refractivity contribution < 1.29 is 13.2 Å². The second-order valence-electron chi connectivity index (χ2n) is 7.73. The van der Waals surface area contributed by atoms with Crippen molar-refractivity contribution in [3.8, 4) is 0 Å². The highest BCUT2D eigenvalue weighted by Gasteiger charge is 2.21. The van der Waals surface area contributed by atoms with E-state index in [0.29, 0.717) is 17.3 Å². The molecule has 30 heavy (non-hydrogen) atoms. The number of hydrogen-bond acceptors (Lipinski definition) is 4. The van der Waals surface area contributed by atoms with Gasteiger partial charge in [-0.05, 0) is 61.7 Å². The minimum absolute atomic E-state index is 0.299. The number of sulfonamides is 1. The van der Waals surface area contributed by atoms with E-state index < -0.39 is 10.0 Å². The highest BCUT2D eigenvalue weighted by molar-refractivity contribution is 7.92. The van der Waals surface area contributed by atoms with Crippen LogP contribution in [0, 0.1) is 6.92 Å². The first-order valence-corrected chi connectivity index (χ1v) is 12.3. The van der Waals surface area contributed by atoms with Crippen molar-refractivity contribution in [2.24, 2.45) is 0 Å². The van der Waals surface area contributed by atoms with Crippen LogP contribution in [0.25, 0.3) is 0 Å². The molecule has 0 radical (unpaired) electrons. The number of carbonyl (C=O) groups excluding carboxylic acids is 1. The molecule has 0 atom stereocenters. The highest BCUT2D eigenvalue weighted by Crippen LogP contribution is 2.24. The van der Waals surface area contributed by atoms with Crippen molar-refractivity contribution in [2.75, 3.05) is 30.2 Å². The van der Waals surface area contributed by atoms with Gasteiger partial charge in [-0.25, -0.2) is 8.42 Å². The summed E-state index contributed by atoms with van der Waals surface area (Å²) in [6, 6.07) is 13.0. The fourth-order valence-electron chi connectivity index (χ4n) is 3.58. The molecule has 0 aromatic heterocycles. The number of nitrogens with zero attached hydrogens (tertiary/aromatic N) is 2. The van der Waals surface area contributed by atoms with E-state index in [1.165, 1.54) is 18.4 Å². The molecule has 1 heterocycles. The fraction of sp³-hybridized carbons (Fsp3) is 0.409. The Morgan fingerprint density at radius 2 is 1.80 bits per heavy atom. The van der Waals surface area contributed by atoms with E-state index in [2.05, 4.69) is 16.3 Å². The summed E-state index contributed by atoms with van der Waals surface area (Å²) in [7, 11) is -3.64. The fourth-order valence-corrected chi connectivity index (χ4v) is 4.61. The number of rotatable bonds is 8. The van der Waals surface area contributed by atoms with Crippen LogP contribution in [0.5, 0.6) is 0 Å². The molecule has 1 aliphatic heterocycles. The lowest BCUT2D eigenvalue weighted by Gasteiger charge is -2.23. The molecule has 1 saturated heterocycles. The molecule has 162 valence electrons. The van der Waals surface area contributed by atoms with Crippen LogP contribution in [0.1, 0.15) is 29.5 Å². The summed E-state index contributed by atoms with van der Waals surface area (Å²) in [5.41, 5.74) is 3.44. The van der Waals surface area contributed by atoms with Gasteiger partial charge in [0.25, 0.3) is 0 Å². The van der Waals surface area contributed by atoms with Crippen molar-refractivity contribution in [3.05, 3.63) is 64.2 Å². The Morgan fingerprint density at radius 1 is 1.13 bits per heavy atom. The van der Waals surface area contributed by atoms with Crippen LogP contribution in [0.15, 0.2) is 42.5 Å². The Bertz CT molecular complexity index is 1000. The first-order valence-electron chi connectivity index (χ1n) is 10.0. The van der Waals surface area contributed by atoms with Gasteiger partial charge in [-0.15, -0.1) is 0 Å². The minimum Gasteiger partial charge on any atom is -0.350 e. The predicted octanol–water partition coefficient (Wildman–Crippen LogP) is 3.33. The maximum absolute atomic E-state index is 12.6. The quantitative estimate of drug-likeness (QED) is 0.671. The molecule has 1 fully saturated rings. The monoisotopic (exact) mass is 449 g/mol. The van der Waals surface area contributed by atoms with E-state index in [1.807, 2.05) is 25.1 Å². The van der Waals surface area contributed by atoms with Crippen molar-refractivity contribution in [3.63, 3.8) is 0 Å². The Hall–Kier alpha value is -2.09. The largest absolute Gasteiger partial charge is 0.350 e. The lowest BCUT2D eigenvalue weighted by atomic mass is 10.1. The first-order chi connectivity index (χ1) is 14.2. The van der Waals surface area contributed by atoms with Crippen molar-refractivity contribution >= 4 is 33.2 Å². The predicted molar refractivity (Wildman–Crippen MR) is 121 cm³/mol. The van der Waals surface area contributed by atoms with Crippen LogP contribution in [0.2, 0.25) is 5.02 Å². The molecule has 0 spiro atoms. The summed E-state index contributed by atoms with van der Waals surface area (Å²) in [5.74, 6) is -0.368. The first kappa shape index (κ1) is 22.6. The van der Waals surface area contributed by atoms with Gasteiger partial charge in [0, 0.05) is 18.1 Å². The van der Waals surface area contributed by atoms with E-state index in [1.54, 1.807) is 18.2 Å². The standard InChI is InChI=1S/C22H28ClN3O3S/c1-17-9-10-20(13-21(17)23)26(30(2,28)29)16-22(27)24-14-18-7-3-4-8-19(18)15-25-11-5-6-12-25/h3-4,7-10,13H,5-6,11-12,14-16H2,1-2H3,(H,24,27). The number of likely N-dealkylation sites (tertiary alicyclic amines) is 1. The molecule has 1 aliphatic rings. The Kier molecular flexibility index (Phi) is 7.39. The Morgan fingerprint density at radius 3 is 2.43 bits per heavy atom. The molecule has 2 aromatic carbocycles. The molecule has 0 aliphatic carbocycles. The Balaban J connectivity index is 1.67. The number of benzene rings is 2. The average Bonchev–Trinajstić information content (AvgIpc) is 3.20. The number of halogens is 1. The van der Waals surface area contributed by atoms with Gasteiger partial charge in [0.05, 0.1) is 11.9 Å². The van der Waals surface area contributed by atoms with E-state index in [0.717, 1.165) is 41.3 Å². The lowest BCUT2D eigenvalue weighted by molar-refractivity contribution is -0.119. The normalized spacial score (nSPS) is 14.6. The van der Waals surface area contributed by atoms with Gasteiger partial charge < -0.3 is 5.32 Å². The third-order valence-corrected chi connectivity index (χ3v) is 6.87. The van der Waals surface area contributed by atoms with Gasteiger partial charge in [-0.1, -0.05) is 41.9 Å². The third-order valence-electron chi connectivity index (χ3n) is 5.32. The van der Waals surface area contributed by atoms with Crippen molar-refractivity contribution in [2.45, 2.75) is 32.9 Å². The number of aryl methyl sites for hydroxylation is 1. The van der Waals surface area contributed by atoms with E-state index in [9.17, 15) is 13.2 Å². The van der Waals surface area contributed by atoms with Crippen LogP contribution in [-0.2, 0) is 27.9 Å². The zero-order chi connectivity index (χ0) is 21.7. The van der Waals surface area contributed by atoms with Gasteiger partial charge >= 0.3 is 0 Å². The molecule has 0 unspecified atom stereocenters. The molecular weight excluding hydrogens is 422 g/mol. The zero-order valence-corrected chi connectivity index (χ0v) is 19.0. The summed E-state index contributed by atoms with van der Waals surface area (Å²) in [6.07, 6.45) is 3.53. The minimum atomic E-state index is -3.64.